The minimum Gasteiger partial charge on any atom is -0.508 e. The molecule has 7 rings (SSSR count). The van der Waals surface area contributed by atoms with Crippen molar-refractivity contribution in [2.24, 2.45) is 0 Å². The van der Waals surface area contributed by atoms with E-state index in [1.807, 2.05) is 36.4 Å². The fraction of sp³-hybridized carbons (Fsp3) is 0.125. The van der Waals surface area contributed by atoms with Crippen molar-refractivity contribution in [2.75, 3.05) is 18.0 Å². The minimum atomic E-state index is -0.127. The lowest BCUT2D eigenvalue weighted by molar-refractivity contribution is 0.474. The summed E-state index contributed by atoms with van der Waals surface area (Å²) in [4.78, 5) is 34.8. The number of anilines is 1. The first kappa shape index (κ1) is 25.1. The fourth-order valence-electron chi connectivity index (χ4n) is 4.79. The van der Waals surface area contributed by atoms with Gasteiger partial charge in [0.15, 0.2) is 33.5 Å². The number of aromatic hydroxyl groups is 1. The van der Waals surface area contributed by atoms with Crippen molar-refractivity contribution in [1.82, 2.24) is 9.97 Å². The second kappa shape index (κ2) is 10.1. The van der Waals surface area contributed by atoms with E-state index >= 15 is 0 Å². The normalized spacial score (nSPS) is 11.2. The Morgan fingerprint density at radius 3 is 2.23 bits per heavy atom. The number of benzene rings is 5. The lowest BCUT2D eigenvalue weighted by atomic mass is 10.0. The highest BCUT2D eigenvalue weighted by Gasteiger charge is 2.16. The van der Waals surface area contributed by atoms with Gasteiger partial charge in [-0.3, -0.25) is 9.59 Å². The molecule has 0 amide bonds. The second-order valence-corrected chi connectivity index (χ2v) is 9.30. The Morgan fingerprint density at radius 2 is 1.43 bits per heavy atom. The molecule has 3 aromatic carbocycles. The molecule has 8 nitrogen and oxygen atoms in total. The highest BCUT2D eigenvalue weighted by molar-refractivity contribution is 5.96. The highest BCUT2D eigenvalue weighted by atomic mass is 16.3. The van der Waals surface area contributed by atoms with Gasteiger partial charge >= 0.3 is 0 Å². The zero-order valence-electron chi connectivity index (χ0n) is 21.9. The molecule has 0 bridgehead atoms. The Bertz CT molecular complexity index is 2060. The average Bonchev–Trinajstić information content (AvgIpc) is 2.96. The zero-order chi connectivity index (χ0) is 27.8. The van der Waals surface area contributed by atoms with Gasteiger partial charge in [0.05, 0.1) is 0 Å². The van der Waals surface area contributed by atoms with E-state index in [4.69, 9.17) is 13.8 Å². The van der Waals surface area contributed by atoms with E-state index in [-0.39, 0.29) is 16.6 Å². The first-order chi connectivity index (χ1) is 19.4. The van der Waals surface area contributed by atoms with Crippen LogP contribution >= 0.6 is 0 Å². The van der Waals surface area contributed by atoms with E-state index in [0.29, 0.717) is 39.3 Å². The Labute approximate surface area is 228 Å². The van der Waals surface area contributed by atoms with Crippen LogP contribution in [0.1, 0.15) is 13.8 Å². The number of hydrogen-bond acceptors (Lipinski definition) is 8. The number of aromatic nitrogens is 2. The van der Waals surface area contributed by atoms with Crippen LogP contribution in [-0.4, -0.2) is 28.2 Å². The summed E-state index contributed by atoms with van der Waals surface area (Å²) in [6, 6.07) is 24.2. The summed E-state index contributed by atoms with van der Waals surface area (Å²) in [5.74, 6) is 1.06. The summed E-state index contributed by atoms with van der Waals surface area (Å²) < 4.78 is 11.5. The smallest absolute Gasteiger partial charge is 0.190 e. The summed E-state index contributed by atoms with van der Waals surface area (Å²) in [7, 11) is 0. The lowest BCUT2D eigenvalue weighted by Gasteiger charge is -2.21. The van der Waals surface area contributed by atoms with Crippen LogP contribution in [0, 0.1) is 0 Å². The molecule has 0 fully saturated rings. The van der Waals surface area contributed by atoms with Gasteiger partial charge in [0.1, 0.15) is 28.2 Å². The molecule has 2 aliphatic heterocycles. The minimum absolute atomic E-state index is 0.0390. The predicted molar refractivity (Wildman–Crippen MR) is 157 cm³/mol. The number of phenolic OH excluding ortho intramolecular Hbond substituents is 1. The molecule has 2 heterocycles. The van der Waals surface area contributed by atoms with Crippen molar-refractivity contribution in [3.8, 4) is 28.7 Å². The molecule has 0 spiro atoms. The number of phenols is 1. The van der Waals surface area contributed by atoms with Gasteiger partial charge in [0.25, 0.3) is 0 Å². The quantitative estimate of drug-likeness (QED) is 0.209. The van der Waals surface area contributed by atoms with Gasteiger partial charge in [0, 0.05) is 53.8 Å². The monoisotopic (exact) mass is 531 g/mol. The molecule has 0 unspecified atom stereocenters. The summed E-state index contributed by atoms with van der Waals surface area (Å²) >= 11 is 0. The van der Waals surface area contributed by atoms with Gasteiger partial charge in [-0.15, -0.1) is 0 Å². The number of hydrogen-bond donors (Lipinski definition) is 1. The first-order valence-electron chi connectivity index (χ1n) is 13.0. The third-order valence-electron chi connectivity index (χ3n) is 6.80. The largest absolute Gasteiger partial charge is 0.508 e. The standard InChI is InChI=1S/C20H18N2O2.C12H7NO3/c1-3-22(4-2)13-9-10-16-18(11-13)24-19-12-17(23)14-7-5-6-8-15(14)20(19)21-16;14-7-1-3-9-11(5-7)16-12-6-8(15)2-4-10(12)13-9/h5-12H,3-4H2,1-2H3;1-6,14H. The van der Waals surface area contributed by atoms with Crippen LogP contribution in [-0.2, 0) is 0 Å². The number of rotatable bonds is 3. The molecule has 0 saturated carbocycles. The molecule has 0 saturated heterocycles. The molecule has 40 heavy (non-hydrogen) atoms. The molecule has 1 N–H and O–H groups in total. The van der Waals surface area contributed by atoms with Crippen LogP contribution in [0.25, 0.3) is 55.9 Å². The van der Waals surface area contributed by atoms with Gasteiger partial charge in [-0.1, -0.05) is 24.3 Å². The summed E-state index contributed by atoms with van der Waals surface area (Å²) in [6.45, 7) is 6.11. The number of fused-ring (bicyclic) bond motifs is 6. The van der Waals surface area contributed by atoms with Crippen LogP contribution in [0.2, 0.25) is 0 Å². The number of nitrogens with zero attached hydrogens (tertiary/aromatic N) is 3. The summed E-state index contributed by atoms with van der Waals surface area (Å²) in [5, 5.41) is 10.8. The second-order valence-electron chi connectivity index (χ2n) is 9.30. The van der Waals surface area contributed by atoms with E-state index < -0.39 is 0 Å². The Hall–Kier alpha value is -5.24. The Morgan fingerprint density at radius 1 is 0.725 bits per heavy atom. The topological polar surface area (TPSA) is 110 Å². The van der Waals surface area contributed by atoms with Crippen LogP contribution in [0.3, 0.4) is 0 Å². The van der Waals surface area contributed by atoms with Crippen LogP contribution < -0.4 is 15.8 Å². The molecule has 3 aromatic rings. The van der Waals surface area contributed by atoms with Gasteiger partial charge in [-0.2, -0.15) is 0 Å². The van der Waals surface area contributed by atoms with Crippen molar-refractivity contribution in [3.05, 3.63) is 105 Å². The van der Waals surface area contributed by atoms with Crippen LogP contribution in [0.15, 0.2) is 103 Å². The third kappa shape index (κ3) is 4.60. The van der Waals surface area contributed by atoms with Crippen LogP contribution in [0.5, 0.6) is 5.75 Å². The van der Waals surface area contributed by atoms with Gasteiger partial charge in [0.2, 0.25) is 0 Å². The molecule has 0 atom stereocenters. The maximum absolute atomic E-state index is 12.3. The van der Waals surface area contributed by atoms with Crippen molar-refractivity contribution in [2.45, 2.75) is 13.8 Å². The lowest BCUT2D eigenvalue weighted by Crippen LogP contribution is -2.21. The molecule has 2 aliphatic carbocycles. The average molecular weight is 532 g/mol. The molecule has 198 valence electrons. The molecular formula is C32H25N3O5. The summed E-state index contributed by atoms with van der Waals surface area (Å²) in [6.07, 6.45) is 0. The van der Waals surface area contributed by atoms with Gasteiger partial charge in [-0.25, -0.2) is 9.97 Å². The van der Waals surface area contributed by atoms with Crippen molar-refractivity contribution < 1.29 is 13.9 Å². The fourth-order valence-corrected chi connectivity index (χ4v) is 4.79. The van der Waals surface area contributed by atoms with Gasteiger partial charge in [-0.05, 0) is 50.2 Å². The van der Waals surface area contributed by atoms with Crippen LogP contribution in [0.4, 0.5) is 5.69 Å². The maximum atomic E-state index is 12.3. The Kier molecular flexibility index (Phi) is 6.36. The molecule has 0 radical (unpaired) electrons. The molecular weight excluding hydrogens is 506 g/mol. The highest BCUT2D eigenvalue weighted by Crippen LogP contribution is 2.31. The molecule has 8 heteroatoms. The first-order valence-corrected chi connectivity index (χ1v) is 13.0. The van der Waals surface area contributed by atoms with E-state index in [1.54, 1.807) is 18.2 Å². The van der Waals surface area contributed by atoms with Crippen molar-refractivity contribution >= 4 is 38.7 Å². The van der Waals surface area contributed by atoms with E-state index in [2.05, 4.69) is 29.8 Å². The third-order valence-corrected chi connectivity index (χ3v) is 6.80. The van der Waals surface area contributed by atoms with Crippen molar-refractivity contribution in [3.63, 3.8) is 0 Å². The molecule has 4 aliphatic rings. The van der Waals surface area contributed by atoms with E-state index in [1.165, 1.54) is 24.3 Å². The van der Waals surface area contributed by atoms with E-state index in [9.17, 15) is 14.7 Å². The SMILES string of the molecule is CCN(CC)c1ccc2nc3c4ccccc4c(=O)cc-3oc2c1.O=c1ccc2nc3ccc(O)cc3oc-2c1. The predicted octanol–water partition coefficient (Wildman–Crippen LogP) is 6.29. The zero-order valence-corrected chi connectivity index (χ0v) is 21.9. The Balaban J connectivity index is 0.000000157. The molecule has 0 aromatic heterocycles. The summed E-state index contributed by atoms with van der Waals surface area (Å²) in [5.41, 5.74) is 4.87. The maximum Gasteiger partial charge on any atom is 0.190 e. The van der Waals surface area contributed by atoms with Gasteiger partial charge < -0.3 is 18.8 Å². The van der Waals surface area contributed by atoms with E-state index in [0.717, 1.165) is 35.4 Å². The van der Waals surface area contributed by atoms with Crippen molar-refractivity contribution in [1.29, 1.82) is 0 Å².